The van der Waals surface area contributed by atoms with Crippen LogP contribution >= 0.6 is 22.6 Å². The Kier molecular flexibility index (Phi) is 4.76. The minimum Gasteiger partial charge on any atom is -0.493 e. The molecular weight excluding hydrogens is 471 g/mol. The van der Waals surface area contributed by atoms with Gasteiger partial charge in [0.2, 0.25) is 0 Å². The fourth-order valence-corrected chi connectivity index (χ4v) is 4.11. The molecule has 0 atom stereocenters. The summed E-state index contributed by atoms with van der Waals surface area (Å²) in [6.07, 6.45) is 1.47. The third-order valence-corrected chi connectivity index (χ3v) is 5.33. The Bertz CT molecular complexity index is 1110. The topological polar surface area (TPSA) is 68.2 Å². The van der Waals surface area contributed by atoms with Crippen LogP contribution in [0.4, 0.5) is 0 Å². The van der Waals surface area contributed by atoms with E-state index in [0.29, 0.717) is 33.6 Å². The van der Waals surface area contributed by atoms with Gasteiger partial charge < -0.3 is 9.47 Å². The number of methoxy groups -OCH3 is 2. The molecule has 0 bridgehead atoms. The van der Waals surface area contributed by atoms with Crippen LogP contribution < -0.4 is 9.47 Å². The maximum Gasteiger partial charge on any atom is 0.282 e. The van der Waals surface area contributed by atoms with E-state index in [-0.39, 0.29) is 0 Å². The van der Waals surface area contributed by atoms with E-state index in [1.54, 1.807) is 44.6 Å². The fourth-order valence-electron chi connectivity index (χ4n) is 3.26. The molecule has 140 valence electrons. The van der Waals surface area contributed by atoms with Crippen molar-refractivity contribution in [1.82, 2.24) is 5.01 Å². The summed E-state index contributed by atoms with van der Waals surface area (Å²) in [6, 6.07) is 14.4. The number of ether oxygens (including phenoxy) is 2. The first-order valence-electron chi connectivity index (χ1n) is 8.41. The summed E-state index contributed by atoms with van der Waals surface area (Å²) in [5, 5.41) is 6.62. The quantitative estimate of drug-likeness (QED) is 0.317. The Balaban J connectivity index is 1.75. The molecule has 0 radical (unpaired) electrons. The van der Waals surface area contributed by atoms with Crippen molar-refractivity contribution in [3.8, 4) is 11.5 Å². The van der Waals surface area contributed by atoms with Gasteiger partial charge in [0.25, 0.3) is 11.8 Å². The van der Waals surface area contributed by atoms with Gasteiger partial charge in [-0.3, -0.25) is 9.59 Å². The second-order valence-corrected chi connectivity index (χ2v) is 7.28. The van der Waals surface area contributed by atoms with Crippen molar-refractivity contribution in [2.24, 2.45) is 5.10 Å². The van der Waals surface area contributed by atoms with E-state index in [2.05, 4.69) is 27.7 Å². The number of nitrogens with zero attached hydrogens (tertiary/aromatic N) is 2. The van der Waals surface area contributed by atoms with Crippen molar-refractivity contribution in [1.29, 1.82) is 0 Å². The summed E-state index contributed by atoms with van der Waals surface area (Å²) in [4.78, 5) is 25.7. The van der Waals surface area contributed by atoms with Crippen molar-refractivity contribution in [2.75, 3.05) is 14.2 Å². The van der Waals surface area contributed by atoms with E-state index in [1.165, 1.54) is 6.21 Å². The highest BCUT2D eigenvalue weighted by Crippen LogP contribution is 2.33. The molecule has 0 saturated carbocycles. The van der Waals surface area contributed by atoms with E-state index >= 15 is 0 Å². The lowest BCUT2D eigenvalue weighted by atomic mass is 9.95. The number of halogens is 1. The molecule has 2 amide bonds. The van der Waals surface area contributed by atoms with E-state index in [1.807, 2.05) is 18.2 Å². The Morgan fingerprint density at radius 1 is 0.964 bits per heavy atom. The molecule has 3 aromatic rings. The first kappa shape index (κ1) is 18.4. The first-order valence-corrected chi connectivity index (χ1v) is 9.49. The van der Waals surface area contributed by atoms with E-state index in [0.717, 1.165) is 14.0 Å². The molecule has 1 heterocycles. The van der Waals surface area contributed by atoms with Crippen molar-refractivity contribution in [2.45, 2.75) is 0 Å². The highest BCUT2D eigenvalue weighted by molar-refractivity contribution is 14.1. The monoisotopic (exact) mass is 486 g/mol. The maximum atomic E-state index is 12.9. The third-order valence-electron chi connectivity index (χ3n) is 4.53. The van der Waals surface area contributed by atoms with Crippen LogP contribution in [0.3, 0.4) is 0 Å². The summed E-state index contributed by atoms with van der Waals surface area (Å²) >= 11 is 2.13. The molecule has 0 N–H and O–H groups in total. The Morgan fingerprint density at radius 3 is 2.18 bits per heavy atom. The molecule has 0 unspecified atom stereocenters. The molecular formula is C21H15IN2O4. The van der Waals surface area contributed by atoms with Crippen LogP contribution in [0.15, 0.2) is 53.6 Å². The molecule has 7 heteroatoms. The minimum atomic E-state index is -0.444. The lowest BCUT2D eigenvalue weighted by Crippen LogP contribution is -2.36. The van der Waals surface area contributed by atoms with Gasteiger partial charge in [-0.05, 0) is 57.8 Å². The van der Waals surface area contributed by atoms with Crippen molar-refractivity contribution in [3.63, 3.8) is 0 Å². The summed E-state index contributed by atoms with van der Waals surface area (Å²) in [5.74, 6) is 0.273. The highest BCUT2D eigenvalue weighted by Gasteiger charge is 2.32. The lowest BCUT2D eigenvalue weighted by Gasteiger charge is -2.23. The second kappa shape index (κ2) is 7.23. The first-order chi connectivity index (χ1) is 13.5. The number of rotatable bonds is 4. The summed E-state index contributed by atoms with van der Waals surface area (Å²) in [6.45, 7) is 0. The van der Waals surface area contributed by atoms with E-state index in [9.17, 15) is 9.59 Å². The van der Waals surface area contributed by atoms with Crippen LogP contribution in [0.2, 0.25) is 0 Å². The van der Waals surface area contributed by atoms with Gasteiger partial charge in [0.1, 0.15) is 0 Å². The van der Waals surface area contributed by atoms with Gasteiger partial charge in [0.15, 0.2) is 11.5 Å². The summed E-state index contributed by atoms with van der Waals surface area (Å²) < 4.78 is 11.5. The average molecular weight is 486 g/mol. The summed E-state index contributed by atoms with van der Waals surface area (Å²) in [5.41, 5.74) is 1.61. The number of benzene rings is 3. The SMILES string of the molecule is COc1cc(/C=N\N2C(=O)c3cccc4cccc(c34)C2=O)cc(I)c1OC. The fraction of sp³-hybridized carbons (Fsp3) is 0.0952. The number of carbonyl (C=O) groups excluding carboxylic acids is 2. The lowest BCUT2D eigenvalue weighted by molar-refractivity contribution is 0.0616. The zero-order chi connectivity index (χ0) is 19.8. The predicted octanol–water partition coefficient (Wildman–Crippen LogP) is 4.09. The number of carbonyl (C=O) groups is 2. The smallest absolute Gasteiger partial charge is 0.282 e. The molecule has 4 rings (SSSR count). The van der Waals surface area contributed by atoms with Crippen LogP contribution in [0.5, 0.6) is 11.5 Å². The van der Waals surface area contributed by atoms with Gasteiger partial charge in [0, 0.05) is 5.39 Å². The zero-order valence-electron chi connectivity index (χ0n) is 15.1. The number of amides is 2. The van der Waals surface area contributed by atoms with Gasteiger partial charge in [-0.15, -0.1) is 0 Å². The third kappa shape index (κ3) is 2.91. The number of hydrazone groups is 1. The standard InChI is InChI=1S/C21H15IN2O4/c1-27-17-10-12(9-16(22)19(17)28-2)11-23-24-20(25)14-7-3-5-13-6-4-8-15(18(13)14)21(24)26/h3-11H,1-2H3/b23-11-. The maximum absolute atomic E-state index is 12.9. The largest absolute Gasteiger partial charge is 0.493 e. The normalized spacial score (nSPS) is 13.5. The van der Waals surface area contributed by atoms with Crippen LogP contribution in [0.1, 0.15) is 26.3 Å². The Hall–Kier alpha value is -2.94. The average Bonchev–Trinajstić information content (AvgIpc) is 2.71. The van der Waals surface area contributed by atoms with Gasteiger partial charge in [-0.2, -0.15) is 10.1 Å². The number of hydrogen-bond donors (Lipinski definition) is 0. The van der Waals surface area contributed by atoms with Gasteiger partial charge in [-0.1, -0.05) is 24.3 Å². The molecule has 0 fully saturated rings. The van der Waals surface area contributed by atoms with Crippen molar-refractivity contribution < 1.29 is 19.1 Å². The Labute approximate surface area is 174 Å². The molecule has 1 aliphatic heterocycles. The van der Waals surface area contributed by atoms with Crippen molar-refractivity contribution in [3.05, 3.63) is 68.8 Å². The van der Waals surface area contributed by atoms with Crippen LogP contribution in [0, 0.1) is 3.57 Å². The minimum absolute atomic E-state index is 0.444. The molecule has 6 nitrogen and oxygen atoms in total. The second-order valence-electron chi connectivity index (χ2n) is 6.11. The molecule has 0 spiro atoms. The van der Waals surface area contributed by atoms with E-state index < -0.39 is 11.8 Å². The molecule has 3 aromatic carbocycles. The van der Waals surface area contributed by atoms with Crippen LogP contribution in [-0.2, 0) is 0 Å². The van der Waals surface area contributed by atoms with E-state index in [4.69, 9.17) is 9.47 Å². The summed E-state index contributed by atoms with van der Waals surface area (Å²) in [7, 11) is 3.11. The predicted molar refractivity (Wildman–Crippen MR) is 114 cm³/mol. The molecule has 0 aliphatic carbocycles. The van der Waals surface area contributed by atoms with Crippen molar-refractivity contribution >= 4 is 51.4 Å². The molecule has 0 aromatic heterocycles. The van der Waals surface area contributed by atoms with Gasteiger partial charge in [0.05, 0.1) is 35.1 Å². The molecule has 0 saturated heterocycles. The number of imide groups is 1. The zero-order valence-corrected chi connectivity index (χ0v) is 17.3. The van der Waals surface area contributed by atoms with Crippen LogP contribution in [-0.4, -0.2) is 37.3 Å². The molecule has 28 heavy (non-hydrogen) atoms. The van der Waals surface area contributed by atoms with Gasteiger partial charge >= 0.3 is 0 Å². The molecule has 1 aliphatic rings. The Morgan fingerprint density at radius 2 is 1.61 bits per heavy atom. The van der Waals surface area contributed by atoms with Crippen LogP contribution in [0.25, 0.3) is 10.8 Å². The number of hydrogen-bond acceptors (Lipinski definition) is 5. The van der Waals surface area contributed by atoms with Gasteiger partial charge in [-0.25, -0.2) is 0 Å². The highest BCUT2D eigenvalue weighted by atomic mass is 127.